The summed E-state index contributed by atoms with van der Waals surface area (Å²) in [5, 5.41) is 17.2. The molecule has 4 rings (SSSR count). The Morgan fingerprint density at radius 1 is 1.25 bits per heavy atom. The van der Waals surface area contributed by atoms with E-state index < -0.39 is 0 Å². The number of carbonyl (C=O) groups excluding carboxylic acids is 1. The van der Waals surface area contributed by atoms with Crippen molar-refractivity contribution in [2.45, 2.75) is 33.7 Å². The number of amides is 1. The molecule has 8 heteroatoms. The number of aryl methyl sites for hydroxylation is 2. The fourth-order valence-corrected chi connectivity index (χ4v) is 3.67. The van der Waals surface area contributed by atoms with Crippen LogP contribution in [-0.2, 0) is 0 Å². The maximum absolute atomic E-state index is 13.4. The number of carbonyl (C=O) groups is 1. The molecule has 0 aliphatic heterocycles. The SMILES string of the molecule is COc1ccc(C#N)cc1NC(=O)c1cc(-c2cc(C)oc2C)nc2c1cnn2C(C)C. The maximum atomic E-state index is 13.4. The average Bonchev–Trinajstić information content (AvgIpc) is 3.35. The van der Waals surface area contributed by atoms with Gasteiger partial charge in [0.1, 0.15) is 17.3 Å². The van der Waals surface area contributed by atoms with Crippen LogP contribution in [0.4, 0.5) is 5.69 Å². The van der Waals surface area contributed by atoms with Gasteiger partial charge in [-0.2, -0.15) is 10.4 Å². The molecule has 162 valence electrons. The van der Waals surface area contributed by atoms with E-state index in [2.05, 4.69) is 16.5 Å². The second-order valence-corrected chi connectivity index (χ2v) is 7.78. The van der Waals surface area contributed by atoms with Crippen LogP contribution in [-0.4, -0.2) is 27.8 Å². The first-order chi connectivity index (χ1) is 15.3. The first-order valence-corrected chi connectivity index (χ1v) is 10.2. The standard InChI is InChI=1S/C24H23N5O3/c1-13(2)29-23-19(12-26-29)18(10-20(27-23)17-8-14(3)32-15(17)4)24(30)28-21-9-16(11-25)6-7-22(21)31-5/h6-10,12-13H,1-5H3,(H,28,30). The molecule has 0 aliphatic carbocycles. The topological polar surface area (TPSA) is 106 Å². The number of benzene rings is 1. The molecule has 0 aliphatic rings. The van der Waals surface area contributed by atoms with Crippen LogP contribution < -0.4 is 10.1 Å². The van der Waals surface area contributed by atoms with Gasteiger partial charge in [-0.1, -0.05) is 0 Å². The molecular formula is C24H23N5O3. The van der Waals surface area contributed by atoms with E-state index >= 15 is 0 Å². The summed E-state index contributed by atoms with van der Waals surface area (Å²) in [5.74, 6) is 1.59. The largest absolute Gasteiger partial charge is 0.495 e. The number of aromatic nitrogens is 3. The van der Waals surface area contributed by atoms with Gasteiger partial charge in [-0.15, -0.1) is 0 Å². The smallest absolute Gasteiger partial charge is 0.256 e. The number of nitrogens with one attached hydrogen (secondary N) is 1. The van der Waals surface area contributed by atoms with Gasteiger partial charge in [0.2, 0.25) is 0 Å². The molecule has 0 radical (unpaired) electrons. The number of fused-ring (bicyclic) bond motifs is 1. The summed E-state index contributed by atoms with van der Waals surface area (Å²) in [6, 6.07) is 10.6. The van der Waals surface area contributed by atoms with Crippen molar-refractivity contribution < 1.29 is 13.9 Å². The quantitative estimate of drug-likeness (QED) is 0.477. The Bertz CT molecular complexity index is 1370. The van der Waals surface area contributed by atoms with Crippen molar-refractivity contribution in [2.75, 3.05) is 12.4 Å². The van der Waals surface area contributed by atoms with E-state index in [-0.39, 0.29) is 11.9 Å². The molecule has 0 saturated carbocycles. The van der Waals surface area contributed by atoms with E-state index in [1.54, 1.807) is 35.1 Å². The third-order valence-electron chi connectivity index (χ3n) is 5.19. The molecule has 0 bridgehead atoms. The predicted octanol–water partition coefficient (Wildman–Crippen LogP) is 5.02. The highest BCUT2D eigenvalue weighted by Gasteiger charge is 2.21. The molecule has 1 N–H and O–H groups in total. The predicted molar refractivity (Wildman–Crippen MR) is 121 cm³/mol. The van der Waals surface area contributed by atoms with E-state index in [1.807, 2.05) is 33.8 Å². The molecule has 32 heavy (non-hydrogen) atoms. The van der Waals surface area contributed by atoms with Gasteiger partial charge in [-0.05, 0) is 58.0 Å². The molecule has 8 nitrogen and oxygen atoms in total. The van der Waals surface area contributed by atoms with Crippen LogP contribution in [0.2, 0.25) is 0 Å². The van der Waals surface area contributed by atoms with Crippen molar-refractivity contribution in [3.8, 4) is 23.1 Å². The van der Waals surface area contributed by atoms with Crippen molar-refractivity contribution >= 4 is 22.6 Å². The molecule has 0 atom stereocenters. The number of nitrogens with zero attached hydrogens (tertiary/aromatic N) is 4. The van der Waals surface area contributed by atoms with Gasteiger partial charge in [0.15, 0.2) is 5.65 Å². The number of anilines is 1. The number of hydrogen-bond acceptors (Lipinski definition) is 6. The maximum Gasteiger partial charge on any atom is 0.256 e. The Labute approximate surface area is 185 Å². The van der Waals surface area contributed by atoms with Gasteiger partial charge in [-0.3, -0.25) is 4.79 Å². The van der Waals surface area contributed by atoms with Crippen molar-refractivity contribution in [1.82, 2.24) is 14.8 Å². The fraction of sp³-hybridized carbons (Fsp3) is 0.250. The van der Waals surface area contributed by atoms with E-state index in [0.717, 1.165) is 17.1 Å². The molecule has 0 saturated heterocycles. The van der Waals surface area contributed by atoms with Crippen molar-refractivity contribution in [3.05, 3.63) is 59.2 Å². The van der Waals surface area contributed by atoms with Crippen molar-refractivity contribution in [2.24, 2.45) is 0 Å². The van der Waals surface area contributed by atoms with Crippen molar-refractivity contribution in [3.63, 3.8) is 0 Å². The molecule has 1 aromatic carbocycles. The Morgan fingerprint density at radius 3 is 2.66 bits per heavy atom. The van der Waals surface area contributed by atoms with Gasteiger partial charge < -0.3 is 14.5 Å². The second-order valence-electron chi connectivity index (χ2n) is 7.78. The van der Waals surface area contributed by atoms with E-state index in [0.29, 0.717) is 39.3 Å². The summed E-state index contributed by atoms with van der Waals surface area (Å²) >= 11 is 0. The normalized spacial score (nSPS) is 11.0. The van der Waals surface area contributed by atoms with Gasteiger partial charge in [0.25, 0.3) is 5.91 Å². The minimum atomic E-state index is -0.354. The highest BCUT2D eigenvalue weighted by atomic mass is 16.5. The molecule has 0 unspecified atom stereocenters. The molecule has 3 heterocycles. The average molecular weight is 429 g/mol. The zero-order valence-corrected chi connectivity index (χ0v) is 18.6. The van der Waals surface area contributed by atoms with Crippen LogP contribution in [0.5, 0.6) is 5.75 Å². The number of ether oxygens (including phenoxy) is 1. The summed E-state index contributed by atoms with van der Waals surface area (Å²) in [7, 11) is 1.51. The molecule has 3 aromatic heterocycles. The van der Waals surface area contributed by atoms with Crippen LogP contribution in [0, 0.1) is 25.2 Å². The van der Waals surface area contributed by atoms with Gasteiger partial charge >= 0.3 is 0 Å². The summed E-state index contributed by atoms with van der Waals surface area (Å²) in [4.78, 5) is 18.2. The van der Waals surface area contributed by atoms with Crippen LogP contribution in [0.1, 0.15) is 47.3 Å². The third-order valence-corrected chi connectivity index (χ3v) is 5.19. The summed E-state index contributed by atoms with van der Waals surface area (Å²) in [6.07, 6.45) is 1.65. The zero-order valence-electron chi connectivity index (χ0n) is 18.6. The molecule has 0 spiro atoms. The highest BCUT2D eigenvalue weighted by Crippen LogP contribution is 2.31. The number of methoxy groups -OCH3 is 1. The number of pyridine rings is 1. The molecule has 4 aromatic rings. The number of nitriles is 1. The van der Waals surface area contributed by atoms with Gasteiger partial charge in [0.05, 0.1) is 47.3 Å². The minimum absolute atomic E-state index is 0.0609. The summed E-state index contributed by atoms with van der Waals surface area (Å²) < 4.78 is 12.8. The highest BCUT2D eigenvalue weighted by molar-refractivity contribution is 6.13. The van der Waals surface area contributed by atoms with Crippen LogP contribution >= 0.6 is 0 Å². The Morgan fingerprint density at radius 2 is 2.03 bits per heavy atom. The van der Waals surface area contributed by atoms with E-state index in [1.165, 1.54) is 7.11 Å². The summed E-state index contributed by atoms with van der Waals surface area (Å²) in [5.41, 5.74) is 3.29. The Hall–Kier alpha value is -4.12. The minimum Gasteiger partial charge on any atom is -0.495 e. The molecular weight excluding hydrogens is 406 g/mol. The lowest BCUT2D eigenvalue weighted by atomic mass is 10.1. The lowest BCUT2D eigenvalue weighted by Gasteiger charge is -2.13. The van der Waals surface area contributed by atoms with Crippen LogP contribution in [0.3, 0.4) is 0 Å². The third kappa shape index (κ3) is 3.69. The number of rotatable bonds is 5. The number of hydrogen-bond donors (Lipinski definition) is 1. The fourth-order valence-electron chi connectivity index (χ4n) is 3.67. The second kappa shape index (κ2) is 8.19. The lowest BCUT2D eigenvalue weighted by molar-refractivity contribution is 0.102. The van der Waals surface area contributed by atoms with E-state index in [9.17, 15) is 10.1 Å². The van der Waals surface area contributed by atoms with Crippen LogP contribution in [0.15, 0.2) is 40.9 Å². The lowest BCUT2D eigenvalue weighted by Crippen LogP contribution is -2.14. The first kappa shape index (κ1) is 21.1. The Balaban J connectivity index is 1.87. The van der Waals surface area contributed by atoms with Gasteiger partial charge in [-0.25, -0.2) is 9.67 Å². The van der Waals surface area contributed by atoms with Crippen LogP contribution in [0.25, 0.3) is 22.3 Å². The molecule has 1 amide bonds. The van der Waals surface area contributed by atoms with Crippen molar-refractivity contribution in [1.29, 1.82) is 5.26 Å². The first-order valence-electron chi connectivity index (χ1n) is 10.2. The Kier molecular flexibility index (Phi) is 5.41. The zero-order chi connectivity index (χ0) is 23.0. The van der Waals surface area contributed by atoms with E-state index in [4.69, 9.17) is 14.1 Å². The van der Waals surface area contributed by atoms with Gasteiger partial charge in [0, 0.05) is 11.6 Å². The monoisotopic (exact) mass is 429 g/mol. The number of furan rings is 1. The molecule has 0 fully saturated rings. The summed E-state index contributed by atoms with van der Waals surface area (Å²) in [6.45, 7) is 7.75.